The van der Waals surface area contributed by atoms with Crippen LogP contribution in [0.25, 0.3) is 0 Å². The van der Waals surface area contributed by atoms with Crippen molar-refractivity contribution in [1.82, 2.24) is 0 Å². The molecule has 1 rings (SSSR count). The second-order valence-corrected chi connectivity index (χ2v) is 5.17. The van der Waals surface area contributed by atoms with Gasteiger partial charge in [0, 0.05) is 0 Å². The second-order valence-electron chi connectivity index (χ2n) is 5.17. The van der Waals surface area contributed by atoms with Crippen molar-refractivity contribution in [3.8, 4) is 0 Å². The Hall–Kier alpha value is -0.860. The number of aliphatic hydroxyl groups excluding tert-OH is 2. The van der Waals surface area contributed by atoms with Crippen molar-refractivity contribution < 1.29 is 10.2 Å². The number of rotatable bonds is 7. The van der Waals surface area contributed by atoms with Crippen LogP contribution in [0.3, 0.4) is 0 Å². The summed E-state index contributed by atoms with van der Waals surface area (Å²) in [4.78, 5) is 0. The lowest BCUT2D eigenvalue weighted by Crippen LogP contribution is -2.26. The summed E-state index contributed by atoms with van der Waals surface area (Å²) < 4.78 is 0. The van der Waals surface area contributed by atoms with E-state index in [0.717, 1.165) is 12.8 Å². The first-order valence-corrected chi connectivity index (χ1v) is 7.03. The molecule has 3 unspecified atom stereocenters. The SMILES string of the molecule is CCCc1ccc(C(C)CC(O)C(O)CC)cc1. The summed E-state index contributed by atoms with van der Waals surface area (Å²) in [5.74, 6) is 0.275. The van der Waals surface area contributed by atoms with E-state index in [2.05, 4.69) is 38.1 Å². The molecule has 0 heterocycles. The Morgan fingerprint density at radius 1 is 1.00 bits per heavy atom. The van der Waals surface area contributed by atoms with Crippen molar-refractivity contribution in [1.29, 1.82) is 0 Å². The van der Waals surface area contributed by atoms with E-state index in [1.807, 2.05) is 6.92 Å². The maximum Gasteiger partial charge on any atom is 0.0804 e. The summed E-state index contributed by atoms with van der Waals surface area (Å²) in [7, 11) is 0. The third-order valence-corrected chi connectivity index (χ3v) is 3.54. The van der Waals surface area contributed by atoms with Gasteiger partial charge in [0.25, 0.3) is 0 Å². The average molecular weight is 250 g/mol. The normalized spacial score (nSPS) is 16.3. The minimum atomic E-state index is -0.625. The summed E-state index contributed by atoms with van der Waals surface area (Å²) in [5.41, 5.74) is 2.60. The fourth-order valence-electron chi connectivity index (χ4n) is 2.23. The quantitative estimate of drug-likeness (QED) is 0.779. The van der Waals surface area contributed by atoms with Crippen molar-refractivity contribution in [2.24, 2.45) is 0 Å². The van der Waals surface area contributed by atoms with Crippen LogP contribution in [0, 0.1) is 0 Å². The molecule has 18 heavy (non-hydrogen) atoms. The lowest BCUT2D eigenvalue weighted by Gasteiger charge is -2.20. The van der Waals surface area contributed by atoms with E-state index < -0.39 is 12.2 Å². The molecule has 2 N–H and O–H groups in total. The molecular formula is C16H26O2. The standard InChI is InChI=1S/C16H26O2/c1-4-6-13-7-9-14(10-8-13)12(3)11-16(18)15(17)5-2/h7-10,12,15-18H,4-6,11H2,1-3H3. The third-order valence-electron chi connectivity index (χ3n) is 3.54. The van der Waals surface area contributed by atoms with E-state index in [0.29, 0.717) is 12.8 Å². The molecule has 1 aromatic rings. The van der Waals surface area contributed by atoms with Gasteiger partial charge in [0.05, 0.1) is 12.2 Å². The molecule has 0 fully saturated rings. The van der Waals surface area contributed by atoms with E-state index in [-0.39, 0.29) is 5.92 Å². The monoisotopic (exact) mass is 250 g/mol. The van der Waals surface area contributed by atoms with Gasteiger partial charge in [-0.25, -0.2) is 0 Å². The summed E-state index contributed by atoms with van der Waals surface area (Å²) in [5, 5.41) is 19.4. The molecule has 0 bridgehead atoms. The van der Waals surface area contributed by atoms with E-state index in [9.17, 15) is 10.2 Å². The van der Waals surface area contributed by atoms with Gasteiger partial charge in [-0.15, -0.1) is 0 Å². The molecule has 0 radical (unpaired) electrons. The Balaban J connectivity index is 2.58. The first kappa shape index (κ1) is 15.2. The number of hydrogen-bond acceptors (Lipinski definition) is 2. The predicted molar refractivity (Wildman–Crippen MR) is 75.8 cm³/mol. The summed E-state index contributed by atoms with van der Waals surface area (Å²) in [6, 6.07) is 8.61. The Labute approximate surface area is 111 Å². The third kappa shape index (κ3) is 4.43. The molecule has 0 aliphatic heterocycles. The van der Waals surface area contributed by atoms with Crippen LogP contribution in [0.5, 0.6) is 0 Å². The molecule has 0 aromatic heterocycles. The highest BCUT2D eigenvalue weighted by Gasteiger charge is 2.18. The highest BCUT2D eigenvalue weighted by molar-refractivity contribution is 5.25. The number of aryl methyl sites for hydroxylation is 1. The van der Waals surface area contributed by atoms with Gasteiger partial charge in [0.1, 0.15) is 0 Å². The zero-order valence-electron chi connectivity index (χ0n) is 11.8. The Bertz CT molecular complexity index is 331. The molecule has 2 nitrogen and oxygen atoms in total. The van der Waals surface area contributed by atoms with Gasteiger partial charge < -0.3 is 10.2 Å². The average Bonchev–Trinajstić information content (AvgIpc) is 2.38. The van der Waals surface area contributed by atoms with Crippen molar-refractivity contribution in [3.63, 3.8) is 0 Å². The first-order valence-electron chi connectivity index (χ1n) is 7.03. The van der Waals surface area contributed by atoms with Crippen molar-refractivity contribution >= 4 is 0 Å². The smallest absolute Gasteiger partial charge is 0.0804 e. The molecule has 2 heteroatoms. The lowest BCUT2D eigenvalue weighted by atomic mass is 9.91. The number of hydrogen-bond donors (Lipinski definition) is 2. The van der Waals surface area contributed by atoms with Gasteiger partial charge in [-0.1, -0.05) is 51.5 Å². The highest BCUT2D eigenvalue weighted by Crippen LogP contribution is 2.23. The van der Waals surface area contributed by atoms with Crippen molar-refractivity contribution in [2.45, 2.75) is 64.6 Å². The van der Waals surface area contributed by atoms with Crippen LogP contribution < -0.4 is 0 Å². The fourth-order valence-corrected chi connectivity index (χ4v) is 2.23. The van der Waals surface area contributed by atoms with Crippen LogP contribution in [0.2, 0.25) is 0 Å². The van der Waals surface area contributed by atoms with Crippen molar-refractivity contribution in [2.75, 3.05) is 0 Å². The lowest BCUT2D eigenvalue weighted by molar-refractivity contribution is 0.00953. The predicted octanol–water partition coefficient (Wildman–Crippen LogP) is 3.26. The minimum absolute atomic E-state index is 0.275. The summed E-state index contributed by atoms with van der Waals surface area (Å²) in [6.07, 6.45) is 2.26. The fraction of sp³-hybridized carbons (Fsp3) is 0.625. The van der Waals surface area contributed by atoms with Crippen LogP contribution in [-0.2, 0) is 6.42 Å². The number of aliphatic hydroxyl groups is 2. The molecule has 0 saturated carbocycles. The zero-order chi connectivity index (χ0) is 13.5. The van der Waals surface area contributed by atoms with E-state index >= 15 is 0 Å². The molecule has 0 saturated heterocycles. The summed E-state index contributed by atoms with van der Waals surface area (Å²) in [6.45, 7) is 6.16. The van der Waals surface area contributed by atoms with Crippen LogP contribution in [0.1, 0.15) is 57.1 Å². The van der Waals surface area contributed by atoms with E-state index in [4.69, 9.17) is 0 Å². The van der Waals surface area contributed by atoms with E-state index in [1.165, 1.54) is 11.1 Å². The van der Waals surface area contributed by atoms with Gasteiger partial charge in [-0.2, -0.15) is 0 Å². The van der Waals surface area contributed by atoms with Crippen LogP contribution in [0.15, 0.2) is 24.3 Å². The highest BCUT2D eigenvalue weighted by atomic mass is 16.3. The van der Waals surface area contributed by atoms with Gasteiger partial charge in [0.15, 0.2) is 0 Å². The molecule has 3 atom stereocenters. The second kappa shape index (κ2) is 7.55. The van der Waals surface area contributed by atoms with E-state index in [1.54, 1.807) is 0 Å². The van der Waals surface area contributed by atoms with Crippen LogP contribution >= 0.6 is 0 Å². The van der Waals surface area contributed by atoms with Gasteiger partial charge >= 0.3 is 0 Å². The molecule has 1 aromatic carbocycles. The van der Waals surface area contributed by atoms with Gasteiger partial charge in [0.2, 0.25) is 0 Å². The maximum atomic E-state index is 9.84. The first-order chi connectivity index (χ1) is 8.58. The Kier molecular flexibility index (Phi) is 6.37. The van der Waals surface area contributed by atoms with Gasteiger partial charge in [-0.05, 0) is 36.3 Å². The van der Waals surface area contributed by atoms with Crippen LogP contribution in [0.4, 0.5) is 0 Å². The summed E-state index contributed by atoms with van der Waals surface area (Å²) >= 11 is 0. The Morgan fingerprint density at radius 2 is 1.61 bits per heavy atom. The van der Waals surface area contributed by atoms with Crippen LogP contribution in [-0.4, -0.2) is 22.4 Å². The molecule has 0 aliphatic carbocycles. The largest absolute Gasteiger partial charge is 0.390 e. The molecule has 0 amide bonds. The zero-order valence-corrected chi connectivity index (χ0v) is 11.8. The Morgan fingerprint density at radius 3 is 2.11 bits per heavy atom. The number of benzene rings is 1. The molecule has 0 aliphatic rings. The molecule has 102 valence electrons. The molecule has 0 spiro atoms. The van der Waals surface area contributed by atoms with Crippen molar-refractivity contribution in [3.05, 3.63) is 35.4 Å². The topological polar surface area (TPSA) is 40.5 Å². The maximum absolute atomic E-state index is 9.84. The minimum Gasteiger partial charge on any atom is -0.390 e. The van der Waals surface area contributed by atoms with Gasteiger partial charge in [-0.3, -0.25) is 0 Å². The molecular weight excluding hydrogens is 224 g/mol.